The molecule has 1 amide bonds. The van der Waals surface area contributed by atoms with Gasteiger partial charge in [0.2, 0.25) is 0 Å². The van der Waals surface area contributed by atoms with Crippen LogP contribution in [0.5, 0.6) is 5.75 Å². The normalized spacial score (nSPS) is 23.2. The van der Waals surface area contributed by atoms with E-state index < -0.39 is 0 Å². The van der Waals surface area contributed by atoms with Crippen LogP contribution in [0.2, 0.25) is 5.02 Å². The average molecular weight is 442 g/mol. The van der Waals surface area contributed by atoms with Gasteiger partial charge in [-0.25, -0.2) is 4.39 Å². The molecule has 5 nitrogen and oxygen atoms in total. The van der Waals surface area contributed by atoms with Crippen molar-refractivity contribution < 1.29 is 13.9 Å². The molecule has 7 heteroatoms. The van der Waals surface area contributed by atoms with Crippen LogP contribution in [0.1, 0.15) is 61.8 Å². The highest BCUT2D eigenvalue weighted by Gasteiger charge is 2.67. The van der Waals surface area contributed by atoms with Crippen LogP contribution in [-0.2, 0) is 13.0 Å². The van der Waals surface area contributed by atoms with E-state index in [0.717, 1.165) is 0 Å². The fourth-order valence-electron chi connectivity index (χ4n) is 5.77. The molecule has 0 N–H and O–H groups in total. The van der Waals surface area contributed by atoms with Crippen LogP contribution in [0, 0.1) is 28.0 Å². The van der Waals surface area contributed by atoms with Gasteiger partial charge in [0.25, 0.3) is 5.91 Å². The lowest BCUT2D eigenvalue weighted by molar-refractivity contribution is -0.199. The standard InChI is InChI=1S/C24H25ClFN3O2/c1-6-18-19(26)16-12-29(20(30)15(16)11-28-18)21-23(2,3)22(24(21,4)5)31-14-8-7-13(10-27)17(25)9-14/h7-9,11,21-22H,6,12H2,1-5H3/t21-,22-. The first-order valence-electron chi connectivity index (χ1n) is 10.4. The summed E-state index contributed by atoms with van der Waals surface area (Å²) in [6.45, 7) is 10.3. The van der Waals surface area contributed by atoms with Gasteiger partial charge in [-0.05, 0) is 18.6 Å². The maximum absolute atomic E-state index is 14.9. The molecule has 31 heavy (non-hydrogen) atoms. The fourth-order valence-corrected chi connectivity index (χ4v) is 5.98. The molecule has 1 aromatic heterocycles. The highest BCUT2D eigenvalue weighted by molar-refractivity contribution is 6.31. The number of nitrogens with zero attached hydrogens (tertiary/aromatic N) is 3. The third-order valence-corrected chi connectivity index (χ3v) is 7.05. The Bertz CT molecular complexity index is 1110. The Morgan fingerprint density at radius 2 is 2.00 bits per heavy atom. The second-order valence-corrected chi connectivity index (χ2v) is 9.90. The minimum Gasteiger partial charge on any atom is -0.489 e. The molecular formula is C24H25ClFN3O2. The number of benzene rings is 1. The Balaban J connectivity index is 1.61. The second kappa shape index (κ2) is 7.20. The lowest BCUT2D eigenvalue weighted by Gasteiger charge is -2.65. The lowest BCUT2D eigenvalue weighted by Crippen LogP contribution is -2.74. The van der Waals surface area contributed by atoms with Crippen molar-refractivity contribution in [3.05, 3.63) is 57.6 Å². The van der Waals surface area contributed by atoms with Crippen molar-refractivity contribution >= 4 is 17.5 Å². The first-order valence-corrected chi connectivity index (χ1v) is 10.7. The van der Waals surface area contributed by atoms with Gasteiger partial charge in [-0.3, -0.25) is 9.78 Å². The van der Waals surface area contributed by atoms with E-state index in [0.29, 0.717) is 39.6 Å². The molecule has 1 aromatic carbocycles. The van der Waals surface area contributed by atoms with Gasteiger partial charge in [0.15, 0.2) is 0 Å². The number of nitriles is 1. The highest BCUT2D eigenvalue weighted by Crippen LogP contribution is 2.59. The molecule has 1 aliphatic carbocycles. The Morgan fingerprint density at radius 3 is 2.58 bits per heavy atom. The fraction of sp³-hybridized carbons (Fsp3) is 0.458. The minimum atomic E-state index is -0.390. The number of halogens is 2. The predicted molar refractivity (Wildman–Crippen MR) is 115 cm³/mol. The Hall–Kier alpha value is -2.65. The monoisotopic (exact) mass is 441 g/mol. The van der Waals surface area contributed by atoms with Crippen molar-refractivity contribution in [3.8, 4) is 11.8 Å². The number of aryl methyl sites for hydroxylation is 1. The van der Waals surface area contributed by atoms with E-state index >= 15 is 0 Å². The number of hydrogen-bond donors (Lipinski definition) is 0. The quantitative estimate of drug-likeness (QED) is 0.658. The first kappa shape index (κ1) is 21.6. The van der Waals surface area contributed by atoms with Gasteiger partial charge in [0.1, 0.15) is 23.7 Å². The molecule has 0 spiro atoms. The SMILES string of the molecule is CCc1ncc2c(c1F)CN([C@H]1C(C)(C)[C@H](Oc3ccc(C#N)c(Cl)c3)C1(C)C)C2=O. The molecule has 162 valence electrons. The number of carbonyl (C=O) groups is 1. The molecular weight excluding hydrogens is 417 g/mol. The van der Waals surface area contributed by atoms with E-state index in [1.54, 1.807) is 23.1 Å². The number of carbonyl (C=O) groups excluding carboxylic acids is 1. The van der Waals surface area contributed by atoms with Crippen molar-refractivity contribution in [1.29, 1.82) is 5.26 Å². The number of aromatic nitrogens is 1. The van der Waals surface area contributed by atoms with Crippen molar-refractivity contribution in [1.82, 2.24) is 9.88 Å². The van der Waals surface area contributed by atoms with Crippen LogP contribution < -0.4 is 4.74 Å². The molecule has 2 aliphatic rings. The van der Waals surface area contributed by atoms with Crippen LogP contribution in [0.4, 0.5) is 4.39 Å². The van der Waals surface area contributed by atoms with Crippen LogP contribution >= 0.6 is 11.6 Å². The average Bonchev–Trinajstić information content (AvgIpc) is 3.03. The zero-order chi connectivity index (χ0) is 22.7. The summed E-state index contributed by atoms with van der Waals surface area (Å²) in [7, 11) is 0. The molecule has 1 fully saturated rings. The highest BCUT2D eigenvalue weighted by atomic mass is 35.5. The topological polar surface area (TPSA) is 66.2 Å². The molecule has 0 bridgehead atoms. The summed E-state index contributed by atoms with van der Waals surface area (Å²) in [5.41, 5.74) is 0.787. The zero-order valence-electron chi connectivity index (χ0n) is 18.3. The van der Waals surface area contributed by atoms with Crippen molar-refractivity contribution in [2.45, 2.75) is 59.7 Å². The molecule has 1 saturated carbocycles. The van der Waals surface area contributed by atoms with Crippen LogP contribution in [0.3, 0.4) is 0 Å². The minimum absolute atomic E-state index is 0.150. The van der Waals surface area contributed by atoms with Crippen molar-refractivity contribution in [2.24, 2.45) is 10.8 Å². The number of rotatable bonds is 4. The Labute approximate surface area is 186 Å². The van der Waals surface area contributed by atoms with Crippen molar-refractivity contribution in [3.63, 3.8) is 0 Å². The molecule has 0 radical (unpaired) electrons. The van der Waals surface area contributed by atoms with E-state index in [9.17, 15) is 9.18 Å². The van der Waals surface area contributed by atoms with Gasteiger partial charge in [-0.2, -0.15) is 5.26 Å². The summed E-state index contributed by atoms with van der Waals surface area (Å²) in [4.78, 5) is 19.1. The summed E-state index contributed by atoms with van der Waals surface area (Å²) in [5, 5.41) is 9.42. The first-order chi connectivity index (χ1) is 14.5. The van der Waals surface area contributed by atoms with E-state index in [1.807, 2.05) is 13.0 Å². The number of ether oxygens (including phenoxy) is 1. The molecule has 0 atom stereocenters. The predicted octanol–water partition coefficient (Wildman–Crippen LogP) is 5.15. The van der Waals surface area contributed by atoms with Gasteiger partial charge >= 0.3 is 0 Å². The molecule has 1 aliphatic heterocycles. The zero-order valence-corrected chi connectivity index (χ0v) is 19.0. The van der Waals surface area contributed by atoms with Gasteiger partial charge < -0.3 is 9.64 Å². The summed E-state index contributed by atoms with van der Waals surface area (Å²) >= 11 is 6.16. The van der Waals surface area contributed by atoms with E-state index in [1.165, 1.54) is 6.20 Å². The van der Waals surface area contributed by atoms with Crippen LogP contribution in [0.15, 0.2) is 24.4 Å². The van der Waals surface area contributed by atoms with Crippen LogP contribution in [0.25, 0.3) is 0 Å². The van der Waals surface area contributed by atoms with Gasteiger partial charge in [0, 0.05) is 34.7 Å². The summed E-state index contributed by atoms with van der Waals surface area (Å²) in [5.74, 6) is 0.0216. The molecule has 2 aromatic rings. The number of pyridine rings is 1. The van der Waals surface area contributed by atoms with Gasteiger partial charge in [-0.1, -0.05) is 46.2 Å². The Kier molecular flexibility index (Phi) is 5.01. The summed E-state index contributed by atoms with van der Waals surface area (Å²) in [6, 6.07) is 6.90. The van der Waals surface area contributed by atoms with Gasteiger partial charge in [0.05, 0.1) is 28.4 Å². The largest absolute Gasteiger partial charge is 0.489 e. The second-order valence-electron chi connectivity index (χ2n) is 9.49. The summed E-state index contributed by atoms with van der Waals surface area (Å²) < 4.78 is 21.2. The maximum atomic E-state index is 14.9. The molecule has 4 rings (SSSR count). The number of amides is 1. The number of hydrogen-bond acceptors (Lipinski definition) is 4. The molecule has 0 saturated heterocycles. The van der Waals surface area contributed by atoms with Crippen molar-refractivity contribution in [2.75, 3.05) is 0 Å². The lowest BCUT2D eigenvalue weighted by atomic mass is 9.49. The van der Waals surface area contributed by atoms with Gasteiger partial charge in [-0.15, -0.1) is 0 Å². The van der Waals surface area contributed by atoms with E-state index in [4.69, 9.17) is 21.6 Å². The third-order valence-electron chi connectivity index (χ3n) is 6.74. The van der Waals surface area contributed by atoms with E-state index in [-0.39, 0.29) is 41.2 Å². The molecule has 0 unspecified atom stereocenters. The maximum Gasteiger partial charge on any atom is 0.256 e. The molecule has 2 heterocycles. The Morgan fingerprint density at radius 1 is 1.32 bits per heavy atom. The van der Waals surface area contributed by atoms with Crippen LogP contribution in [-0.4, -0.2) is 27.9 Å². The number of fused-ring (bicyclic) bond motifs is 1. The smallest absolute Gasteiger partial charge is 0.256 e. The summed E-state index contributed by atoms with van der Waals surface area (Å²) in [6.07, 6.45) is 1.78. The third kappa shape index (κ3) is 3.10. The van der Waals surface area contributed by atoms with E-state index in [2.05, 4.69) is 32.7 Å².